The number of amides is 1. The smallest absolute Gasteiger partial charge is 0.419 e. The van der Waals surface area contributed by atoms with Crippen LogP contribution in [0.15, 0.2) is 18.2 Å². The summed E-state index contributed by atoms with van der Waals surface area (Å²) in [6.07, 6.45) is -5.05. The van der Waals surface area contributed by atoms with Crippen molar-refractivity contribution in [2.75, 3.05) is 33.3 Å². The first-order valence-electron chi connectivity index (χ1n) is 6.78. The lowest BCUT2D eigenvalue weighted by Gasteiger charge is -2.26. The van der Waals surface area contributed by atoms with E-state index < -0.39 is 17.8 Å². The largest absolute Gasteiger partial charge is 0.496 e. The van der Waals surface area contributed by atoms with Gasteiger partial charge in [0.2, 0.25) is 0 Å². The average molecular weight is 318 g/mol. The number of hydrogen-bond donors (Lipinski definition) is 1. The molecule has 122 valence electrons. The summed E-state index contributed by atoms with van der Waals surface area (Å²) in [7, 11) is 1.18. The van der Waals surface area contributed by atoms with Crippen molar-refractivity contribution in [3.8, 4) is 5.75 Å². The second kappa shape index (κ2) is 6.87. The number of piperazine rings is 1. The lowest BCUT2D eigenvalue weighted by atomic mass is 10.1. The van der Waals surface area contributed by atoms with Gasteiger partial charge in [0.1, 0.15) is 12.4 Å². The van der Waals surface area contributed by atoms with E-state index in [1.54, 1.807) is 0 Å². The van der Waals surface area contributed by atoms with E-state index in [1.807, 2.05) is 0 Å². The summed E-state index contributed by atoms with van der Waals surface area (Å²) in [5.74, 6) is -0.260. The van der Waals surface area contributed by atoms with Crippen molar-refractivity contribution in [2.45, 2.75) is 12.8 Å². The van der Waals surface area contributed by atoms with Crippen LogP contribution in [0.1, 0.15) is 11.1 Å². The van der Waals surface area contributed by atoms with E-state index in [4.69, 9.17) is 9.47 Å². The second-order valence-electron chi connectivity index (χ2n) is 4.82. The minimum absolute atomic E-state index is 0.212. The first-order valence-corrected chi connectivity index (χ1v) is 6.78. The number of alkyl halides is 3. The molecule has 0 atom stereocenters. The second-order valence-corrected chi connectivity index (χ2v) is 4.82. The molecule has 5 nitrogen and oxygen atoms in total. The molecule has 1 aromatic rings. The van der Waals surface area contributed by atoms with E-state index in [2.05, 4.69) is 5.32 Å². The zero-order chi connectivity index (χ0) is 16.2. The lowest BCUT2D eigenvalue weighted by Crippen LogP contribution is -2.46. The molecule has 1 amide bonds. The van der Waals surface area contributed by atoms with Crippen molar-refractivity contribution in [2.24, 2.45) is 0 Å². The van der Waals surface area contributed by atoms with Crippen molar-refractivity contribution in [3.63, 3.8) is 0 Å². The summed E-state index contributed by atoms with van der Waals surface area (Å²) in [4.78, 5) is 13.3. The van der Waals surface area contributed by atoms with Gasteiger partial charge in [-0.1, -0.05) is 6.07 Å². The van der Waals surface area contributed by atoms with Crippen molar-refractivity contribution in [1.29, 1.82) is 0 Å². The van der Waals surface area contributed by atoms with Gasteiger partial charge < -0.3 is 19.7 Å². The Hall–Kier alpha value is -1.96. The molecular formula is C14H17F3N2O3. The zero-order valence-corrected chi connectivity index (χ0v) is 12.1. The third kappa shape index (κ3) is 4.03. The van der Waals surface area contributed by atoms with Crippen LogP contribution in [0.4, 0.5) is 18.0 Å². The number of hydrogen-bond acceptors (Lipinski definition) is 4. The molecule has 2 rings (SSSR count). The molecule has 0 aliphatic carbocycles. The van der Waals surface area contributed by atoms with E-state index >= 15 is 0 Å². The number of benzene rings is 1. The van der Waals surface area contributed by atoms with Crippen molar-refractivity contribution < 1.29 is 27.4 Å². The Bertz CT molecular complexity index is 529. The molecule has 1 saturated heterocycles. The maximum absolute atomic E-state index is 12.9. The number of nitrogens with zero attached hydrogens (tertiary/aromatic N) is 1. The fourth-order valence-electron chi connectivity index (χ4n) is 2.15. The topological polar surface area (TPSA) is 50.8 Å². The number of carbonyl (C=O) groups excluding carboxylic acids is 1. The lowest BCUT2D eigenvalue weighted by molar-refractivity contribution is -0.138. The predicted molar refractivity (Wildman–Crippen MR) is 72.6 cm³/mol. The van der Waals surface area contributed by atoms with Crippen LogP contribution in [-0.2, 0) is 17.5 Å². The monoisotopic (exact) mass is 318 g/mol. The number of carbonyl (C=O) groups is 1. The summed E-state index contributed by atoms with van der Waals surface area (Å²) in [6, 6.07) is 3.60. The molecule has 1 N–H and O–H groups in total. The van der Waals surface area contributed by atoms with Crippen LogP contribution < -0.4 is 10.1 Å². The molecule has 0 radical (unpaired) electrons. The Labute approximate surface area is 126 Å². The number of methoxy groups -OCH3 is 1. The van der Waals surface area contributed by atoms with Gasteiger partial charge in [-0.15, -0.1) is 0 Å². The SMILES string of the molecule is COc1ccc(COC(=O)N2CCNCC2)cc1C(F)(F)F. The van der Waals surface area contributed by atoms with Gasteiger partial charge in [-0.05, 0) is 17.7 Å². The molecule has 0 spiro atoms. The highest BCUT2D eigenvalue weighted by Gasteiger charge is 2.34. The minimum Gasteiger partial charge on any atom is -0.496 e. The normalized spacial score (nSPS) is 15.5. The fraction of sp³-hybridized carbons (Fsp3) is 0.500. The molecule has 1 fully saturated rings. The Morgan fingerprint density at radius 3 is 2.59 bits per heavy atom. The molecule has 1 heterocycles. The van der Waals surface area contributed by atoms with Crippen LogP contribution in [0.5, 0.6) is 5.75 Å². The Morgan fingerprint density at radius 1 is 1.32 bits per heavy atom. The standard InChI is InChI=1S/C14H17F3N2O3/c1-21-12-3-2-10(8-11(12)14(15,16)17)9-22-13(20)19-6-4-18-5-7-19/h2-3,8,18H,4-7,9H2,1H3. The van der Waals surface area contributed by atoms with Crippen LogP contribution in [0.2, 0.25) is 0 Å². The molecule has 8 heteroatoms. The van der Waals surface area contributed by atoms with Gasteiger partial charge >= 0.3 is 12.3 Å². The molecule has 1 aliphatic heterocycles. The quantitative estimate of drug-likeness (QED) is 0.929. The molecule has 0 aromatic heterocycles. The number of nitrogens with one attached hydrogen (secondary N) is 1. The number of halogens is 3. The van der Waals surface area contributed by atoms with Crippen LogP contribution in [0.25, 0.3) is 0 Å². The Morgan fingerprint density at radius 2 is 2.00 bits per heavy atom. The van der Waals surface area contributed by atoms with Crippen molar-refractivity contribution in [1.82, 2.24) is 10.2 Å². The Balaban J connectivity index is 2.02. The van der Waals surface area contributed by atoms with Crippen LogP contribution in [0.3, 0.4) is 0 Å². The minimum atomic E-state index is -4.52. The van der Waals surface area contributed by atoms with E-state index in [0.29, 0.717) is 26.2 Å². The third-order valence-electron chi connectivity index (χ3n) is 3.31. The van der Waals surface area contributed by atoms with Crippen LogP contribution >= 0.6 is 0 Å². The maximum atomic E-state index is 12.9. The van der Waals surface area contributed by atoms with Gasteiger partial charge in [0, 0.05) is 26.2 Å². The first-order chi connectivity index (χ1) is 10.4. The van der Waals surface area contributed by atoms with E-state index in [9.17, 15) is 18.0 Å². The zero-order valence-electron chi connectivity index (χ0n) is 12.1. The Kier molecular flexibility index (Phi) is 5.12. The summed E-state index contributed by atoms with van der Waals surface area (Å²) in [5.41, 5.74) is -0.623. The van der Waals surface area contributed by atoms with E-state index in [1.165, 1.54) is 24.1 Å². The molecule has 22 heavy (non-hydrogen) atoms. The summed E-state index contributed by atoms with van der Waals surface area (Å²) < 4.78 is 48.5. The third-order valence-corrected chi connectivity index (χ3v) is 3.31. The molecular weight excluding hydrogens is 301 g/mol. The van der Waals surface area contributed by atoms with Gasteiger partial charge in [0.05, 0.1) is 12.7 Å². The predicted octanol–water partition coefficient (Wildman–Crippen LogP) is 2.26. The van der Waals surface area contributed by atoms with Crippen molar-refractivity contribution in [3.05, 3.63) is 29.3 Å². The average Bonchev–Trinajstić information content (AvgIpc) is 2.52. The summed E-state index contributed by atoms with van der Waals surface area (Å²) >= 11 is 0. The van der Waals surface area contributed by atoms with Crippen molar-refractivity contribution >= 4 is 6.09 Å². The highest BCUT2D eigenvalue weighted by Crippen LogP contribution is 2.36. The molecule has 1 aromatic carbocycles. The highest BCUT2D eigenvalue weighted by molar-refractivity contribution is 5.67. The van der Waals surface area contributed by atoms with E-state index in [-0.39, 0.29) is 17.9 Å². The van der Waals surface area contributed by atoms with E-state index in [0.717, 1.165) is 6.07 Å². The van der Waals surface area contributed by atoms with Gasteiger partial charge in [-0.25, -0.2) is 4.79 Å². The summed E-state index contributed by atoms with van der Waals surface area (Å²) in [5, 5.41) is 3.09. The molecule has 0 saturated carbocycles. The van der Waals surface area contributed by atoms with Crippen LogP contribution in [0, 0.1) is 0 Å². The van der Waals surface area contributed by atoms with Crippen LogP contribution in [-0.4, -0.2) is 44.3 Å². The molecule has 0 unspecified atom stereocenters. The molecule has 1 aliphatic rings. The van der Waals surface area contributed by atoms with Gasteiger partial charge in [-0.2, -0.15) is 13.2 Å². The fourth-order valence-corrected chi connectivity index (χ4v) is 2.15. The molecule has 0 bridgehead atoms. The highest BCUT2D eigenvalue weighted by atomic mass is 19.4. The first kappa shape index (κ1) is 16.4. The maximum Gasteiger partial charge on any atom is 0.419 e. The van der Waals surface area contributed by atoms with Gasteiger partial charge in [0.15, 0.2) is 0 Å². The number of rotatable bonds is 3. The summed E-state index contributed by atoms with van der Waals surface area (Å²) in [6.45, 7) is 2.19. The number of ether oxygens (including phenoxy) is 2. The van der Waals surface area contributed by atoms with Gasteiger partial charge in [-0.3, -0.25) is 0 Å². The van der Waals surface area contributed by atoms with Gasteiger partial charge in [0.25, 0.3) is 0 Å².